The monoisotopic (exact) mass is 146 g/mol. The van der Waals surface area contributed by atoms with Gasteiger partial charge in [0.2, 0.25) is 0 Å². The largest absolute Gasteiger partial charge is 0.348 e. The zero-order chi connectivity index (χ0) is 6.81. The lowest BCUT2D eigenvalue weighted by molar-refractivity contribution is -0.0205. The fraction of sp³-hybridized carbons (Fsp3) is 1.00. The van der Waals surface area contributed by atoms with Crippen LogP contribution in [0, 0.1) is 0 Å². The van der Waals surface area contributed by atoms with Crippen molar-refractivity contribution in [1.82, 2.24) is 0 Å². The Labute approximate surface area is 59.0 Å². The molecule has 0 N–H and O–H groups in total. The standard InChI is InChI=1S/C6H10O4/c1(7-5-3-9-5)2-8-6-4-10-6/h5-6H,1-4H2. The minimum absolute atomic E-state index is 0.0451. The summed E-state index contributed by atoms with van der Waals surface area (Å²) in [7, 11) is 0. The quantitative estimate of drug-likeness (QED) is 0.395. The first-order valence-electron chi connectivity index (χ1n) is 3.41. The molecule has 0 radical (unpaired) electrons. The van der Waals surface area contributed by atoms with E-state index in [0.29, 0.717) is 13.2 Å². The molecule has 10 heavy (non-hydrogen) atoms. The second-order valence-electron chi connectivity index (χ2n) is 2.27. The van der Waals surface area contributed by atoms with Crippen molar-refractivity contribution in [3.05, 3.63) is 0 Å². The van der Waals surface area contributed by atoms with Crippen molar-refractivity contribution in [2.75, 3.05) is 26.4 Å². The van der Waals surface area contributed by atoms with Crippen LogP contribution in [0.25, 0.3) is 0 Å². The maximum Gasteiger partial charge on any atom is 0.181 e. The van der Waals surface area contributed by atoms with E-state index in [1.54, 1.807) is 0 Å². The van der Waals surface area contributed by atoms with Gasteiger partial charge >= 0.3 is 0 Å². The van der Waals surface area contributed by atoms with Gasteiger partial charge in [-0.15, -0.1) is 0 Å². The molecule has 0 bridgehead atoms. The van der Waals surface area contributed by atoms with Gasteiger partial charge < -0.3 is 18.9 Å². The van der Waals surface area contributed by atoms with Gasteiger partial charge in [0.25, 0.3) is 0 Å². The molecule has 58 valence electrons. The van der Waals surface area contributed by atoms with Crippen LogP contribution in [0.4, 0.5) is 0 Å². The van der Waals surface area contributed by atoms with E-state index in [1.165, 1.54) is 0 Å². The molecule has 2 saturated heterocycles. The Morgan fingerprint density at radius 2 is 1.40 bits per heavy atom. The molecule has 0 saturated carbocycles. The molecule has 2 rings (SSSR count). The molecular weight excluding hydrogens is 136 g/mol. The fourth-order valence-corrected chi connectivity index (χ4v) is 0.630. The van der Waals surface area contributed by atoms with Crippen LogP contribution in [0.2, 0.25) is 0 Å². The molecule has 2 heterocycles. The second-order valence-corrected chi connectivity index (χ2v) is 2.27. The summed E-state index contributed by atoms with van der Waals surface area (Å²) in [4.78, 5) is 0. The van der Waals surface area contributed by atoms with Crippen molar-refractivity contribution >= 4 is 0 Å². The highest BCUT2D eigenvalue weighted by Crippen LogP contribution is 2.12. The third-order valence-corrected chi connectivity index (χ3v) is 1.30. The van der Waals surface area contributed by atoms with Gasteiger partial charge in [-0.05, 0) is 0 Å². The lowest BCUT2D eigenvalue weighted by Crippen LogP contribution is -2.07. The molecule has 2 fully saturated rings. The molecular formula is C6H10O4. The van der Waals surface area contributed by atoms with Crippen molar-refractivity contribution in [3.8, 4) is 0 Å². The third kappa shape index (κ3) is 2.22. The van der Waals surface area contributed by atoms with Crippen LogP contribution in [-0.4, -0.2) is 39.0 Å². The summed E-state index contributed by atoms with van der Waals surface area (Å²) in [5.41, 5.74) is 0. The van der Waals surface area contributed by atoms with Crippen molar-refractivity contribution in [3.63, 3.8) is 0 Å². The molecule has 4 heteroatoms. The third-order valence-electron chi connectivity index (χ3n) is 1.30. The van der Waals surface area contributed by atoms with E-state index in [4.69, 9.17) is 18.9 Å². The number of hydrogen-bond acceptors (Lipinski definition) is 4. The Hall–Kier alpha value is -0.160. The normalized spacial score (nSPS) is 36.0. The van der Waals surface area contributed by atoms with Crippen LogP contribution in [0.15, 0.2) is 0 Å². The molecule has 2 aliphatic rings. The van der Waals surface area contributed by atoms with Gasteiger partial charge in [0.05, 0.1) is 13.2 Å². The molecule has 0 amide bonds. The van der Waals surface area contributed by atoms with Crippen molar-refractivity contribution in [2.24, 2.45) is 0 Å². The minimum atomic E-state index is 0.0451. The van der Waals surface area contributed by atoms with E-state index in [2.05, 4.69) is 0 Å². The summed E-state index contributed by atoms with van der Waals surface area (Å²) in [5.74, 6) is 0. The van der Waals surface area contributed by atoms with E-state index in [9.17, 15) is 0 Å². The topological polar surface area (TPSA) is 43.5 Å². The summed E-state index contributed by atoms with van der Waals surface area (Å²) in [6.07, 6.45) is 0.0902. The zero-order valence-corrected chi connectivity index (χ0v) is 5.62. The maximum absolute atomic E-state index is 5.13. The van der Waals surface area contributed by atoms with E-state index in [1.807, 2.05) is 0 Å². The number of rotatable bonds is 5. The van der Waals surface area contributed by atoms with Gasteiger partial charge in [0, 0.05) is 0 Å². The lowest BCUT2D eigenvalue weighted by Gasteiger charge is -1.98. The summed E-state index contributed by atoms with van der Waals surface area (Å²) in [5, 5.41) is 0. The first-order valence-corrected chi connectivity index (χ1v) is 3.41. The Morgan fingerprint density at radius 3 is 1.70 bits per heavy atom. The average molecular weight is 146 g/mol. The average Bonchev–Trinajstić information content (AvgIpc) is 2.77. The van der Waals surface area contributed by atoms with Crippen molar-refractivity contribution in [1.29, 1.82) is 0 Å². The van der Waals surface area contributed by atoms with Gasteiger partial charge in [0.1, 0.15) is 13.2 Å². The fourth-order valence-electron chi connectivity index (χ4n) is 0.630. The van der Waals surface area contributed by atoms with Crippen LogP contribution in [0.5, 0.6) is 0 Å². The van der Waals surface area contributed by atoms with Crippen molar-refractivity contribution in [2.45, 2.75) is 12.6 Å². The highest BCUT2D eigenvalue weighted by molar-refractivity contribution is 4.57. The van der Waals surface area contributed by atoms with Crippen LogP contribution in [-0.2, 0) is 18.9 Å². The maximum atomic E-state index is 5.13. The Balaban J connectivity index is 1.40. The molecule has 0 aliphatic carbocycles. The van der Waals surface area contributed by atoms with Gasteiger partial charge in [-0.25, -0.2) is 0 Å². The second kappa shape index (κ2) is 2.84. The Kier molecular flexibility index (Phi) is 1.86. The van der Waals surface area contributed by atoms with Gasteiger partial charge in [-0.3, -0.25) is 0 Å². The van der Waals surface area contributed by atoms with E-state index < -0.39 is 0 Å². The Bertz CT molecular complexity index is 94.3. The highest BCUT2D eigenvalue weighted by Gasteiger charge is 2.25. The Morgan fingerprint density at radius 1 is 1.00 bits per heavy atom. The van der Waals surface area contributed by atoms with E-state index >= 15 is 0 Å². The van der Waals surface area contributed by atoms with Crippen LogP contribution < -0.4 is 0 Å². The number of hydrogen-bond donors (Lipinski definition) is 0. The van der Waals surface area contributed by atoms with E-state index in [0.717, 1.165) is 13.2 Å². The predicted molar refractivity (Wildman–Crippen MR) is 31.4 cm³/mol. The molecule has 0 aromatic rings. The molecule has 2 unspecified atom stereocenters. The first kappa shape index (κ1) is 6.54. The summed E-state index contributed by atoms with van der Waals surface area (Å²) in [6.45, 7) is 2.68. The van der Waals surface area contributed by atoms with Gasteiger partial charge in [-0.1, -0.05) is 0 Å². The first-order chi connectivity index (χ1) is 4.95. The molecule has 4 nitrogen and oxygen atoms in total. The van der Waals surface area contributed by atoms with Crippen LogP contribution in [0.3, 0.4) is 0 Å². The van der Waals surface area contributed by atoms with Crippen LogP contribution >= 0.6 is 0 Å². The highest BCUT2D eigenvalue weighted by atomic mass is 16.8. The summed E-state index contributed by atoms with van der Waals surface area (Å²) in [6, 6.07) is 0. The lowest BCUT2D eigenvalue weighted by atomic mass is 10.7. The van der Waals surface area contributed by atoms with Crippen LogP contribution in [0.1, 0.15) is 0 Å². The predicted octanol–water partition coefficient (Wildman–Crippen LogP) is -0.268. The molecule has 2 atom stereocenters. The number of ether oxygens (including phenoxy) is 4. The molecule has 0 spiro atoms. The van der Waals surface area contributed by atoms with Gasteiger partial charge in [0.15, 0.2) is 12.6 Å². The van der Waals surface area contributed by atoms with Crippen molar-refractivity contribution < 1.29 is 18.9 Å². The molecule has 0 aromatic carbocycles. The minimum Gasteiger partial charge on any atom is -0.348 e. The van der Waals surface area contributed by atoms with Gasteiger partial charge in [-0.2, -0.15) is 0 Å². The van der Waals surface area contributed by atoms with E-state index in [-0.39, 0.29) is 12.6 Å². The summed E-state index contributed by atoms with van der Waals surface area (Å²) < 4.78 is 19.9. The molecule has 0 aromatic heterocycles. The SMILES string of the molecule is C(COC1CO1)OC1CO1. The molecule has 2 aliphatic heterocycles. The zero-order valence-electron chi connectivity index (χ0n) is 5.62. The number of epoxide rings is 2. The smallest absolute Gasteiger partial charge is 0.181 e. The summed E-state index contributed by atoms with van der Waals surface area (Å²) >= 11 is 0.